The average molecular weight is 261 g/mol. The van der Waals surface area contributed by atoms with Gasteiger partial charge in [-0.2, -0.15) is 0 Å². The summed E-state index contributed by atoms with van der Waals surface area (Å²) in [5.41, 5.74) is 2.16. The lowest BCUT2D eigenvalue weighted by Gasteiger charge is -2.30. The molecule has 0 aliphatic rings. The first-order chi connectivity index (χ1) is 9.08. The standard InChI is InChI=1S/C14H19N3O2/c1-4-13(11(15)9-19)17(3)14-6-5-10(8-18)7-12(14)16-2/h5-8,13,15,19H,2,4,9H2,1,3H3. The Bertz CT molecular complexity index is 486. The number of nitrogens with zero attached hydrogens (tertiary/aromatic N) is 2. The van der Waals surface area contributed by atoms with Gasteiger partial charge in [0.15, 0.2) is 0 Å². The van der Waals surface area contributed by atoms with Crippen molar-refractivity contribution in [3.8, 4) is 0 Å². The summed E-state index contributed by atoms with van der Waals surface area (Å²) in [5, 5.41) is 16.9. The number of anilines is 1. The van der Waals surface area contributed by atoms with Crippen molar-refractivity contribution in [1.82, 2.24) is 0 Å². The molecular formula is C14H19N3O2. The number of carbonyl (C=O) groups is 1. The van der Waals surface area contributed by atoms with Gasteiger partial charge in [-0.15, -0.1) is 0 Å². The van der Waals surface area contributed by atoms with Crippen molar-refractivity contribution < 1.29 is 9.90 Å². The highest BCUT2D eigenvalue weighted by molar-refractivity contribution is 5.92. The second-order valence-electron chi connectivity index (χ2n) is 4.24. The lowest BCUT2D eigenvalue weighted by Crippen LogP contribution is -2.39. The van der Waals surface area contributed by atoms with Gasteiger partial charge in [0.25, 0.3) is 0 Å². The third kappa shape index (κ3) is 3.26. The minimum absolute atomic E-state index is 0.201. The molecule has 102 valence electrons. The molecule has 0 spiro atoms. The quantitative estimate of drug-likeness (QED) is 0.582. The molecular weight excluding hydrogens is 242 g/mol. The van der Waals surface area contributed by atoms with E-state index >= 15 is 0 Å². The summed E-state index contributed by atoms with van der Waals surface area (Å²) < 4.78 is 0. The fourth-order valence-corrected chi connectivity index (χ4v) is 2.07. The first-order valence-electron chi connectivity index (χ1n) is 6.06. The highest BCUT2D eigenvalue weighted by Crippen LogP contribution is 2.30. The number of aliphatic hydroxyl groups is 1. The van der Waals surface area contributed by atoms with Crippen molar-refractivity contribution in [1.29, 1.82) is 5.41 Å². The van der Waals surface area contributed by atoms with Crippen molar-refractivity contribution in [2.24, 2.45) is 4.99 Å². The Morgan fingerprint density at radius 1 is 1.63 bits per heavy atom. The molecule has 0 saturated heterocycles. The van der Waals surface area contributed by atoms with E-state index in [0.29, 0.717) is 17.7 Å². The summed E-state index contributed by atoms with van der Waals surface area (Å²) >= 11 is 0. The Kier molecular flexibility index (Phi) is 5.38. The van der Waals surface area contributed by atoms with E-state index in [9.17, 15) is 4.79 Å². The first-order valence-corrected chi connectivity index (χ1v) is 6.06. The molecule has 0 aromatic heterocycles. The highest BCUT2D eigenvalue weighted by atomic mass is 16.3. The Hall–Kier alpha value is -2.01. The van der Waals surface area contributed by atoms with Crippen LogP contribution >= 0.6 is 0 Å². The van der Waals surface area contributed by atoms with Gasteiger partial charge in [0.2, 0.25) is 0 Å². The number of benzene rings is 1. The monoisotopic (exact) mass is 261 g/mol. The molecule has 1 aromatic rings. The van der Waals surface area contributed by atoms with Gasteiger partial charge >= 0.3 is 0 Å². The van der Waals surface area contributed by atoms with Crippen LogP contribution in [0.5, 0.6) is 0 Å². The van der Waals surface area contributed by atoms with E-state index in [0.717, 1.165) is 12.0 Å². The van der Waals surface area contributed by atoms with Crippen molar-refractivity contribution in [2.75, 3.05) is 18.6 Å². The lowest BCUT2D eigenvalue weighted by molar-refractivity contribution is 0.112. The normalized spacial score (nSPS) is 11.7. The molecule has 1 aromatic carbocycles. The van der Waals surface area contributed by atoms with Crippen LogP contribution in [0.4, 0.5) is 11.4 Å². The molecule has 1 unspecified atom stereocenters. The minimum atomic E-state index is -0.272. The Balaban J connectivity index is 3.17. The summed E-state index contributed by atoms with van der Waals surface area (Å²) in [5.74, 6) is 0. The van der Waals surface area contributed by atoms with Gasteiger partial charge < -0.3 is 15.4 Å². The molecule has 5 nitrogen and oxygen atoms in total. The van der Waals surface area contributed by atoms with Gasteiger partial charge in [-0.3, -0.25) is 9.79 Å². The maximum absolute atomic E-state index is 10.8. The fraction of sp³-hybridized carbons (Fsp3) is 0.357. The summed E-state index contributed by atoms with van der Waals surface area (Å²) in [7, 11) is 1.84. The zero-order valence-corrected chi connectivity index (χ0v) is 11.3. The van der Waals surface area contributed by atoms with E-state index in [1.54, 1.807) is 18.2 Å². The largest absolute Gasteiger partial charge is 0.390 e. The molecule has 1 atom stereocenters. The molecule has 0 aliphatic heterocycles. The third-order valence-corrected chi connectivity index (χ3v) is 3.11. The molecule has 0 bridgehead atoms. The van der Waals surface area contributed by atoms with E-state index < -0.39 is 0 Å². The molecule has 0 heterocycles. The van der Waals surface area contributed by atoms with Crippen LogP contribution in [0, 0.1) is 5.41 Å². The second kappa shape index (κ2) is 6.80. The molecule has 1 rings (SSSR count). The van der Waals surface area contributed by atoms with Crippen LogP contribution in [0.2, 0.25) is 0 Å². The first kappa shape index (κ1) is 15.0. The lowest BCUT2D eigenvalue weighted by atomic mass is 10.1. The summed E-state index contributed by atoms with van der Waals surface area (Å²) in [6.45, 7) is 5.18. The third-order valence-electron chi connectivity index (χ3n) is 3.11. The van der Waals surface area contributed by atoms with Gasteiger partial charge in [0.1, 0.15) is 6.29 Å². The summed E-state index contributed by atoms with van der Waals surface area (Å²) in [4.78, 5) is 16.5. The Labute approximate surface area is 113 Å². The van der Waals surface area contributed by atoms with Crippen LogP contribution in [0.15, 0.2) is 23.2 Å². The van der Waals surface area contributed by atoms with E-state index in [-0.39, 0.29) is 18.4 Å². The van der Waals surface area contributed by atoms with Crippen LogP contribution in [-0.4, -0.2) is 43.5 Å². The van der Waals surface area contributed by atoms with Crippen LogP contribution < -0.4 is 4.90 Å². The highest BCUT2D eigenvalue weighted by Gasteiger charge is 2.19. The van der Waals surface area contributed by atoms with E-state index in [1.165, 1.54) is 0 Å². The van der Waals surface area contributed by atoms with Gasteiger partial charge in [0.05, 0.1) is 29.7 Å². The average Bonchev–Trinajstić information content (AvgIpc) is 2.46. The number of hydrogen-bond donors (Lipinski definition) is 2. The van der Waals surface area contributed by atoms with Gasteiger partial charge in [-0.05, 0) is 31.3 Å². The number of aliphatic hydroxyl groups excluding tert-OH is 1. The van der Waals surface area contributed by atoms with Crippen LogP contribution in [0.25, 0.3) is 0 Å². The number of aldehydes is 1. The van der Waals surface area contributed by atoms with Gasteiger partial charge in [-0.25, -0.2) is 0 Å². The van der Waals surface area contributed by atoms with Crippen LogP contribution in [-0.2, 0) is 0 Å². The number of aliphatic imine (C=N–C) groups is 1. The predicted octanol–water partition coefficient (Wildman–Crippen LogP) is 2.06. The topological polar surface area (TPSA) is 76.8 Å². The zero-order chi connectivity index (χ0) is 14.4. The fourth-order valence-electron chi connectivity index (χ4n) is 2.07. The van der Waals surface area contributed by atoms with E-state index in [1.807, 2.05) is 18.9 Å². The molecule has 0 aliphatic carbocycles. The maximum atomic E-state index is 10.8. The summed E-state index contributed by atoms with van der Waals surface area (Å²) in [6, 6.07) is 4.93. The van der Waals surface area contributed by atoms with Crippen molar-refractivity contribution in [3.63, 3.8) is 0 Å². The smallest absolute Gasteiger partial charge is 0.150 e. The molecule has 0 amide bonds. The molecule has 19 heavy (non-hydrogen) atoms. The number of rotatable bonds is 7. The van der Waals surface area contributed by atoms with E-state index in [2.05, 4.69) is 11.7 Å². The second-order valence-corrected chi connectivity index (χ2v) is 4.24. The SMILES string of the molecule is C=Nc1cc(C=O)ccc1N(C)C(CC)C(=N)CO. The van der Waals surface area contributed by atoms with Gasteiger partial charge in [-0.1, -0.05) is 6.92 Å². The van der Waals surface area contributed by atoms with Crippen molar-refractivity contribution in [3.05, 3.63) is 23.8 Å². The molecule has 0 saturated carbocycles. The number of nitrogens with one attached hydrogen (secondary N) is 1. The van der Waals surface area contributed by atoms with E-state index in [4.69, 9.17) is 10.5 Å². The maximum Gasteiger partial charge on any atom is 0.150 e. The molecule has 0 radical (unpaired) electrons. The molecule has 2 N–H and O–H groups in total. The zero-order valence-electron chi connectivity index (χ0n) is 11.3. The minimum Gasteiger partial charge on any atom is -0.390 e. The van der Waals surface area contributed by atoms with Gasteiger partial charge in [0, 0.05) is 12.6 Å². The summed E-state index contributed by atoms with van der Waals surface area (Å²) in [6.07, 6.45) is 1.45. The van der Waals surface area contributed by atoms with Crippen LogP contribution in [0.1, 0.15) is 23.7 Å². The van der Waals surface area contributed by atoms with Crippen molar-refractivity contribution in [2.45, 2.75) is 19.4 Å². The molecule has 5 heteroatoms. The molecule has 0 fully saturated rings. The Morgan fingerprint density at radius 2 is 2.32 bits per heavy atom. The Morgan fingerprint density at radius 3 is 2.79 bits per heavy atom. The predicted molar refractivity (Wildman–Crippen MR) is 78.3 cm³/mol. The van der Waals surface area contributed by atoms with Crippen LogP contribution in [0.3, 0.4) is 0 Å². The number of carbonyl (C=O) groups excluding carboxylic acids is 1. The number of hydrogen-bond acceptors (Lipinski definition) is 5. The van der Waals surface area contributed by atoms with Crippen molar-refractivity contribution >= 4 is 30.1 Å².